The Kier molecular flexibility index (Phi) is 5.08. The van der Waals surface area contributed by atoms with Crippen molar-refractivity contribution in [2.24, 2.45) is 0 Å². The van der Waals surface area contributed by atoms with E-state index in [0.717, 1.165) is 37.2 Å². The molecule has 4 nitrogen and oxygen atoms in total. The van der Waals surface area contributed by atoms with E-state index in [1.54, 1.807) is 11.3 Å². The molecule has 1 unspecified atom stereocenters. The van der Waals surface area contributed by atoms with Crippen LogP contribution in [0.3, 0.4) is 0 Å². The lowest BCUT2D eigenvalue weighted by molar-refractivity contribution is -0.134. The molecular weight excluding hydrogens is 308 g/mol. The first-order valence-corrected chi connectivity index (χ1v) is 8.94. The van der Waals surface area contributed by atoms with Gasteiger partial charge in [-0.1, -0.05) is 30.3 Å². The summed E-state index contributed by atoms with van der Waals surface area (Å²) in [5.41, 5.74) is 1.88. The number of amides is 1. The van der Waals surface area contributed by atoms with Crippen molar-refractivity contribution in [1.82, 2.24) is 9.88 Å². The Morgan fingerprint density at radius 3 is 2.65 bits per heavy atom. The number of thiazole rings is 1. The summed E-state index contributed by atoms with van der Waals surface area (Å²) < 4.78 is 0. The molecule has 1 amide bonds. The van der Waals surface area contributed by atoms with E-state index in [1.807, 2.05) is 42.2 Å². The molecule has 23 heavy (non-hydrogen) atoms. The number of hydrogen-bond acceptors (Lipinski definition) is 4. The number of likely N-dealkylation sites (tertiary alicyclic amines) is 1. The highest BCUT2D eigenvalue weighted by molar-refractivity contribution is 7.09. The Labute approximate surface area is 140 Å². The van der Waals surface area contributed by atoms with Crippen molar-refractivity contribution in [3.05, 3.63) is 52.0 Å². The minimum atomic E-state index is -0.719. The number of aliphatic hydroxyl groups excluding tert-OH is 1. The Morgan fingerprint density at radius 2 is 2.04 bits per heavy atom. The first-order chi connectivity index (χ1) is 11.1. The number of rotatable bonds is 4. The van der Waals surface area contributed by atoms with E-state index < -0.39 is 6.10 Å². The maximum absolute atomic E-state index is 12.4. The van der Waals surface area contributed by atoms with Crippen LogP contribution in [-0.4, -0.2) is 34.0 Å². The van der Waals surface area contributed by atoms with Crippen molar-refractivity contribution in [1.29, 1.82) is 0 Å². The van der Waals surface area contributed by atoms with Crippen molar-refractivity contribution in [2.75, 3.05) is 13.1 Å². The zero-order valence-corrected chi connectivity index (χ0v) is 14.1. The largest absolute Gasteiger partial charge is 0.388 e. The van der Waals surface area contributed by atoms with Crippen LogP contribution in [0.1, 0.15) is 47.5 Å². The molecule has 3 rings (SSSR count). The van der Waals surface area contributed by atoms with Gasteiger partial charge in [0.25, 0.3) is 0 Å². The van der Waals surface area contributed by atoms with Crippen LogP contribution in [0.4, 0.5) is 0 Å². The highest BCUT2D eigenvalue weighted by atomic mass is 32.1. The Balaban J connectivity index is 1.52. The van der Waals surface area contributed by atoms with E-state index in [4.69, 9.17) is 0 Å². The van der Waals surface area contributed by atoms with Crippen LogP contribution in [-0.2, 0) is 4.79 Å². The van der Waals surface area contributed by atoms with E-state index in [2.05, 4.69) is 10.4 Å². The molecule has 1 fully saturated rings. The lowest BCUT2D eigenvalue weighted by Gasteiger charge is -2.31. The van der Waals surface area contributed by atoms with Gasteiger partial charge < -0.3 is 10.0 Å². The van der Waals surface area contributed by atoms with Crippen molar-refractivity contribution in [3.8, 4) is 0 Å². The third kappa shape index (κ3) is 3.98. The number of carbonyl (C=O) groups excluding carboxylic acids is 1. The second-order valence-electron chi connectivity index (χ2n) is 6.11. The van der Waals surface area contributed by atoms with Gasteiger partial charge in [0, 0.05) is 30.1 Å². The monoisotopic (exact) mass is 330 g/mol. The Bertz CT molecular complexity index is 648. The Morgan fingerprint density at radius 1 is 1.35 bits per heavy atom. The second-order valence-corrected chi connectivity index (χ2v) is 7.00. The molecule has 1 aromatic carbocycles. The minimum absolute atomic E-state index is 0.0372. The summed E-state index contributed by atoms with van der Waals surface area (Å²) in [5.74, 6) is 0.506. The van der Waals surface area contributed by atoms with Crippen LogP contribution in [0.25, 0.3) is 0 Å². The van der Waals surface area contributed by atoms with E-state index >= 15 is 0 Å². The van der Waals surface area contributed by atoms with E-state index in [-0.39, 0.29) is 12.3 Å². The van der Waals surface area contributed by atoms with Crippen molar-refractivity contribution in [2.45, 2.75) is 38.2 Å². The number of carbonyl (C=O) groups is 1. The minimum Gasteiger partial charge on any atom is -0.388 e. The van der Waals surface area contributed by atoms with Crippen LogP contribution < -0.4 is 0 Å². The fourth-order valence-electron chi connectivity index (χ4n) is 3.02. The number of aryl methyl sites for hydroxylation is 1. The molecule has 0 spiro atoms. The zero-order valence-electron chi connectivity index (χ0n) is 13.3. The number of benzene rings is 1. The summed E-state index contributed by atoms with van der Waals surface area (Å²) >= 11 is 1.72. The molecule has 122 valence electrons. The molecule has 0 bridgehead atoms. The molecule has 1 N–H and O–H groups in total. The van der Waals surface area contributed by atoms with Gasteiger partial charge in [-0.3, -0.25) is 4.79 Å². The van der Waals surface area contributed by atoms with Gasteiger partial charge in [-0.2, -0.15) is 0 Å². The highest BCUT2D eigenvalue weighted by Gasteiger charge is 2.26. The topological polar surface area (TPSA) is 53.4 Å². The number of hydrogen-bond donors (Lipinski definition) is 1. The fourth-order valence-corrected chi connectivity index (χ4v) is 3.99. The number of aromatic nitrogens is 1. The van der Waals surface area contributed by atoms with Crippen LogP contribution in [0.15, 0.2) is 35.7 Å². The van der Waals surface area contributed by atoms with E-state index in [0.29, 0.717) is 5.92 Å². The molecule has 0 saturated carbocycles. The van der Waals surface area contributed by atoms with Gasteiger partial charge in [0.2, 0.25) is 5.91 Å². The van der Waals surface area contributed by atoms with Crippen molar-refractivity contribution < 1.29 is 9.90 Å². The zero-order chi connectivity index (χ0) is 16.2. The molecular formula is C18H22N2O2S. The third-order valence-corrected chi connectivity index (χ3v) is 5.51. The molecule has 0 radical (unpaired) electrons. The van der Waals surface area contributed by atoms with Crippen molar-refractivity contribution >= 4 is 17.2 Å². The van der Waals surface area contributed by atoms with Gasteiger partial charge in [-0.05, 0) is 25.3 Å². The molecule has 2 aromatic rings. The average molecular weight is 330 g/mol. The first kappa shape index (κ1) is 16.1. The molecule has 1 saturated heterocycles. The smallest absolute Gasteiger partial charge is 0.225 e. The van der Waals surface area contributed by atoms with Gasteiger partial charge in [-0.25, -0.2) is 4.98 Å². The molecule has 5 heteroatoms. The van der Waals surface area contributed by atoms with Crippen LogP contribution in [0.5, 0.6) is 0 Å². The van der Waals surface area contributed by atoms with Crippen LogP contribution in [0, 0.1) is 6.92 Å². The molecule has 1 aliphatic rings. The predicted molar refractivity (Wildman–Crippen MR) is 91.4 cm³/mol. The fraction of sp³-hybridized carbons (Fsp3) is 0.444. The third-order valence-electron chi connectivity index (χ3n) is 4.39. The SMILES string of the molecule is Cc1csc(C2CCN(C(=O)CC(O)c3ccccc3)CC2)n1. The van der Waals surface area contributed by atoms with Gasteiger partial charge in [0.15, 0.2) is 0 Å². The van der Waals surface area contributed by atoms with Crippen LogP contribution in [0.2, 0.25) is 0 Å². The summed E-state index contributed by atoms with van der Waals surface area (Å²) in [6, 6.07) is 9.38. The van der Waals surface area contributed by atoms with Crippen molar-refractivity contribution in [3.63, 3.8) is 0 Å². The summed E-state index contributed by atoms with van der Waals surface area (Å²) in [6.07, 6.45) is 1.36. The standard InChI is InChI=1S/C18H22N2O2S/c1-13-12-23-18(19-13)15-7-9-20(10-8-15)17(22)11-16(21)14-5-3-2-4-6-14/h2-6,12,15-16,21H,7-11H2,1H3. The molecule has 1 aromatic heterocycles. The predicted octanol–water partition coefficient (Wildman–Crippen LogP) is 3.28. The summed E-state index contributed by atoms with van der Waals surface area (Å²) in [5, 5.41) is 13.5. The summed E-state index contributed by atoms with van der Waals surface area (Å²) in [7, 11) is 0. The summed E-state index contributed by atoms with van der Waals surface area (Å²) in [6.45, 7) is 3.52. The van der Waals surface area contributed by atoms with Gasteiger partial charge in [-0.15, -0.1) is 11.3 Å². The maximum atomic E-state index is 12.4. The molecule has 0 aliphatic carbocycles. The quantitative estimate of drug-likeness (QED) is 0.936. The summed E-state index contributed by atoms with van der Waals surface area (Å²) in [4.78, 5) is 18.8. The molecule has 1 atom stereocenters. The number of piperidine rings is 1. The molecule has 2 heterocycles. The maximum Gasteiger partial charge on any atom is 0.225 e. The van der Waals surface area contributed by atoms with Gasteiger partial charge in [0.05, 0.1) is 17.5 Å². The number of aliphatic hydroxyl groups is 1. The van der Waals surface area contributed by atoms with Gasteiger partial charge in [0.1, 0.15) is 0 Å². The lowest BCUT2D eigenvalue weighted by atomic mass is 9.96. The number of nitrogens with zero attached hydrogens (tertiary/aromatic N) is 2. The normalized spacial score (nSPS) is 17.2. The average Bonchev–Trinajstić information content (AvgIpc) is 3.02. The second kappa shape index (κ2) is 7.23. The van der Waals surface area contributed by atoms with Gasteiger partial charge >= 0.3 is 0 Å². The molecule has 1 aliphatic heterocycles. The van der Waals surface area contributed by atoms with E-state index in [9.17, 15) is 9.90 Å². The lowest BCUT2D eigenvalue weighted by Crippen LogP contribution is -2.38. The Hall–Kier alpha value is -1.72. The van der Waals surface area contributed by atoms with Crippen LogP contribution >= 0.6 is 11.3 Å². The highest BCUT2D eigenvalue weighted by Crippen LogP contribution is 2.30. The van der Waals surface area contributed by atoms with E-state index in [1.165, 1.54) is 5.01 Å². The first-order valence-electron chi connectivity index (χ1n) is 8.06.